The zero-order valence-electron chi connectivity index (χ0n) is 11.6. The molecular weight excluding hydrogens is 277 g/mol. The third-order valence-corrected chi connectivity index (χ3v) is 3.70. The Hall–Kier alpha value is -2.48. The standard InChI is InChI=1S/C13H16FN5O2/c1-7-5-11(19(20)21)12(15)18-13(7,16)8(2)10-4-3-9(14)6-17-10/h3-6,8,18H,15-16H2,1-2H3/t8-,13?/m1/s1. The Morgan fingerprint density at radius 2 is 2.19 bits per heavy atom. The molecule has 0 spiro atoms. The van der Waals surface area contributed by atoms with Crippen molar-refractivity contribution >= 4 is 0 Å². The molecule has 2 heterocycles. The van der Waals surface area contributed by atoms with Crippen molar-refractivity contribution in [2.45, 2.75) is 25.4 Å². The number of nitrogens with zero attached hydrogens (tertiary/aromatic N) is 2. The van der Waals surface area contributed by atoms with Gasteiger partial charge < -0.3 is 16.8 Å². The summed E-state index contributed by atoms with van der Waals surface area (Å²) >= 11 is 0. The van der Waals surface area contributed by atoms with Crippen LogP contribution in [0.5, 0.6) is 0 Å². The van der Waals surface area contributed by atoms with Crippen LogP contribution in [0.2, 0.25) is 0 Å². The molecule has 21 heavy (non-hydrogen) atoms. The van der Waals surface area contributed by atoms with E-state index in [1.165, 1.54) is 18.2 Å². The predicted molar refractivity (Wildman–Crippen MR) is 74.6 cm³/mol. The first-order chi connectivity index (χ1) is 9.75. The molecule has 0 radical (unpaired) electrons. The normalized spacial score (nSPS) is 23.3. The van der Waals surface area contributed by atoms with E-state index in [9.17, 15) is 14.5 Å². The van der Waals surface area contributed by atoms with Gasteiger partial charge in [-0.15, -0.1) is 0 Å². The fourth-order valence-corrected chi connectivity index (χ4v) is 2.27. The van der Waals surface area contributed by atoms with Crippen LogP contribution < -0.4 is 16.8 Å². The van der Waals surface area contributed by atoms with Crippen molar-refractivity contribution < 1.29 is 9.31 Å². The van der Waals surface area contributed by atoms with E-state index in [1.54, 1.807) is 13.8 Å². The van der Waals surface area contributed by atoms with Crippen molar-refractivity contribution in [1.29, 1.82) is 0 Å². The van der Waals surface area contributed by atoms with Crippen LogP contribution in [0.25, 0.3) is 0 Å². The molecule has 1 aliphatic heterocycles. The molecule has 0 aliphatic carbocycles. The fourth-order valence-electron chi connectivity index (χ4n) is 2.27. The topological polar surface area (TPSA) is 120 Å². The van der Waals surface area contributed by atoms with Gasteiger partial charge in [-0.3, -0.25) is 15.1 Å². The Morgan fingerprint density at radius 3 is 2.71 bits per heavy atom. The van der Waals surface area contributed by atoms with Gasteiger partial charge in [0.1, 0.15) is 11.5 Å². The third-order valence-electron chi connectivity index (χ3n) is 3.70. The molecular formula is C13H16FN5O2. The summed E-state index contributed by atoms with van der Waals surface area (Å²) in [6, 6.07) is 2.80. The highest BCUT2D eigenvalue weighted by atomic mass is 19.1. The molecule has 0 fully saturated rings. The second-order valence-corrected chi connectivity index (χ2v) is 5.00. The van der Waals surface area contributed by atoms with Crippen molar-refractivity contribution in [1.82, 2.24) is 10.3 Å². The molecule has 2 atom stereocenters. The number of halogens is 1. The van der Waals surface area contributed by atoms with Gasteiger partial charge >= 0.3 is 5.70 Å². The maximum Gasteiger partial charge on any atom is 0.308 e. The lowest BCUT2D eigenvalue weighted by molar-refractivity contribution is -0.421. The molecule has 0 amide bonds. The lowest BCUT2D eigenvalue weighted by atomic mass is 9.83. The summed E-state index contributed by atoms with van der Waals surface area (Å²) in [6.45, 7) is 3.46. The number of aromatic nitrogens is 1. The summed E-state index contributed by atoms with van der Waals surface area (Å²) in [4.78, 5) is 14.3. The van der Waals surface area contributed by atoms with Crippen molar-refractivity contribution in [3.8, 4) is 0 Å². The van der Waals surface area contributed by atoms with E-state index in [1.807, 2.05) is 0 Å². The number of nitrogens with two attached hydrogens (primary N) is 2. The molecule has 8 heteroatoms. The number of hydrogen-bond acceptors (Lipinski definition) is 6. The Balaban J connectivity index is 2.38. The predicted octanol–water partition coefficient (Wildman–Crippen LogP) is 0.933. The molecule has 5 N–H and O–H groups in total. The summed E-state index contributed by atoms with van der Waals surface area (Å²) in [7, 11) is 0. The van der Waals surface area contributed by atoms with E-state index in [-0.39, 0.29) is 17.4 Å². The van der Waals surface area contributed by atoms with Gasteiger partial charge in [-0.25, -0.2) is 4.39 Å². The third kappa shape index (κ3) is 2.57. The smallest absolute Gasteiger partial charge is 0.308 e. The largest absolute Gasteiger partial charge is 0.380 e. The lowest BCUT2D eigenvalue weighted by Gasteiger charge is -2.39. The van der Waals surface area contributed by atoms with E-state index in [4.69, 9.17) is 11.5 Å². The molecule has 0 bridgehead atoms. The van der Waals surface area contributed by atoms with Gasteiger partial charge in [0.25, 0.3) is 0 Å². The first-order valence-corrected chi connectivity index (χ1v) is 6.27. The zero-order chi connectivity index (χ0) is 15.8. The van der Waals surface area contributed by atoms with Gasteiger partial charge in [0.2, 0.25) is 0 Å². The first kappa shape index (κ1) is 14.9. The van der Waals surface area contributed by atoms with Crippen molar-refractivity contribution in [2.24, 2.45) is 11.5 Å². The quantitative estimate of drug-likeness (QED) is 0.563. The van der Waals surface area contributed by atoms with Crippen LogP contribution in [-0.2, 0) is 0 Å². The van der Waals surface area contributed by atoms with Crippen LogP contribution in [0.3, 0.4) is 0 Å². The van der Waals surface area contributed by atoms with Crippen molar-refractivity contribution in [2.75, 3.05) is 0 Å². The summed E-state index contributed by atoms with van der Waals surface area (Å²) in [5.74, 6) is -0.931. The Kier molecular flexibility index (Phi) is 3.65. The Labute approximate surface area is 120 Å². The number of pyridine rings is 1. The Morgan fingerprint density at radius 1 is 1.52 bits per heavy atom. The molecule has 2 rings (SSSR count). The van der Waals surface area contributed by atoms with Gasteiger partial charge in [-0.2, -0.15) is 0 Å². The first-order valence-electron chi connectivity index (χ1n) is 6.27. The average molecular weight is 293 g/mol. The van der Waals surface area contributed by atoms with Crippen LogP contribution in [0.1, 0.15) is 25.5 Å². The molecule has 7 nitrogen and oxygen atoms in total. The number of rotatable bonds is 3. The van der Waals surface area contributed by atoms with Crippen LogP contribution >= 0.6 is 0 Å². The summed E-state index contributed by atoms with van der Waals surface area (Å²) in [6.07, 6.45) is 2.44. The zero-order valence-corrected chi connectivity index (χ0v) is 11.6. The molecule has 0 saturated heterocycles. The second-order valence-electron chi connectivity index (χ2n) is 5.00. The van der Waals surface area contributed by atoms with Gasteiger partial charge in [0.05, 0.1) is 11.1 Å². The minimum absolute atomic E-state index is 0.109. The number of dihydropyridines is 1. The molecule has 0 saturated carbocycles. The monoisotopic (exact) mass is 293 g/mol. The number of hydrogen-bond donors (Lipinski definition) is 3. The summed E-state index contributed by atoms with van der Waals surface area (Å²) in [5, 5.41) is 13.7. The maximum absolute atomic E-state index is 12.9. The fraction of sp³-hybridized carbons (Fsp3) is 0.308. The van der Waals surface area contributed by atoms with E-state index in [2.05, 4.69) is 10.3 Å². The SMILES string of the molecule is CC1=CC([N+](=O)[O-])=C(N)NC1(N)[C@H](C)c1ccc(F)cn1. The van der Waals surface area contributed by atoms with Crippen LogP contribution in [0, 0.1) is 15.9 Å². The van der Waals surface area contributed by atoms with E-state index >= 15 is 0 Å². The molecule has 1 unspecified atom stereocenters. The molecule has 1 aromatic heterocycles. The van der Waals surface area contributed by atoms with Crippen LogP contribution in [0.15, 0.2) is 41.5 Å². The lowest BCUT2D eigenvalue weighted by Crippen LogP contribution is -2.60. The summed E-state index contributed by atoms with van der Waals surface area (Å²) in [5.41, 5.74) is 11.7. The summed E-state index contributed by atoms with van der Waals surface area (Å²) < 4.78 is 12.9. The van der Waals surface area contributed by atoms with Crippen LogP contribution in [-0.4, -0.2) is 15.6 Å². The highest BCUT2D eigenvalue weighted by Crippen LogP contribution is 2.32. The Bertz CT molecular complexity index is 640. The highest BCUT2D eigenvalue weighted by molar-refractivity contribution is 5.37. The van der Waals surface area contributed by atoms with Crippen molar-refractivity contribution in [3.05, 3.63) is 63.1 Å². The number of nitro groups is 1. The van der Waals surface area contributed by atoms with Gasteiger partial charge in [0.15, 0.2) is 5.82 Å². The second kappa shape index (κ2) is 5.13. The average Bonchev–Trinajstić information content (AvgIpc) is 2.42. The number of allylic oxidation sites excluding steroid dienone is 1. The minimum Gasteiger partial charge on any atom is -0.380 e. The number of nitrogens with one attached hydrogen (secondary N) is 1. The van der Waals surface area contributed by atoms with Crippen molar-refractivity contribution in [3.63, 3.8) is 0 Å². The molecule has 0 aromatic carbocycles. The highest BCUT2D eigenvalue weighted by Gasteiger charge is 2.40. The maximum atomic E-state index is 12.9. The van der Waals surface area contributed by atoms with Crippen LogP contribution in [0.4, 0.5) is 4.39 Å². The molecule has 1 aromatic rings. The minimum atomic E-state index is -1.13. The van der Waals surface area contributed by atoms with E-state index in [0.717, 1.165) is 6.20 Å². The van der Waals surface area contributed by atoms with Gasteiger partial charge in [-0.1, -0.05) is 6.92 Å². The molecule has 1 aliphatic rings. The van der Waals surface area contributed by atoms with E-state index in [0.29, 0.717) is 11.3 Å². The van der Waals surface area contributed by atoms with Gasteiger partial charge in [0, 0.05) is 17.7 Å². The van der Waals surface area contributed by atoms with Gasteiger partial charge in [-0.05, 0) is 24.6 Å². The van der Waals surface area contributed by atoms with E-state index < -0.39 is 16.4 Å². The molecule has 112 valence electrons.